The Labute approximate surface area is 182 Å². The minimum Gasteiger partial charge on any atom is -0.468 e. The topological polar surface area (TPSA) is 117 Å². The second-order valence-corrected chi connectivity index (χ2v) is 6.93. The number of esters is 1. The molecule has 3 rings (SSSR count). The Morgan fingerprint density at radius 1 is 1.25 bits per heavy atom. The molecule has 1 aliphatic rings. The van der Waals surface area contributed by atoms with Crippen molar-refractivity contribution in [2.45, 2.75) is 33.0 Å². The van der Waals surface area contributed by atoms with Crippen molar-refractivity contribution in [1.82, 2.24) is 9.97 Å². The number of anilines is 1. The average Bonchev–Trinajstić information content (AvgIpc) is 2.78. The molecule has 0 saturated carbocycles. The van der Waals surface area contributed by atoms with Crippen molar-refractivity contribution in [3.05, 3.63) is 46.3 Å². The van der Waals surface area contributed by atoms with Gasteiger partial charge in [-0.1, -0.05) is 12.1 Å². The van der Waals surface area contributed by atoms with E-state index in [0.717, 1.165) is 0 Å². The molecule has 0 amide bonds. The van der Waals surface area contributed by atoms with Gasteiger partial charge in [0.15, 0.2) is 0 Å². The highest BCUT2D eigenvalue weighted by atomic mass is 19.3. The number of nitrogens with zero attached hydrogens (tertiary/aromatic N) is 4. The molecule has 0 aliphatic carbocycles. The van der Waals surface area contributed by atoms with Crippen LogP contribution >= 0.6 is 0 Å². The summed E-state index contributed by atoms with van der Waals surface area (Å²) in [6, 6.07) is 5.70. The van der Waals surface area contributed by atoms with E-state index in [0.29, 0.717) is 38.1 Å². The zero-order chi connectivity index (χ0) is 23.1. The van der Waals surface area contributed by atoms with Crippen molar-refractivity contribution in [3.63, 3.8) is 0 Å². The van der Waals surface area contributed by atoms with Crippen LogP contribution in [0.25, 0.3) is 0 Å². The fraction of sp³-hybridized carbons (Fsp3) is 0.450. The lowest BCUT2D eigenvalue weighted by molar-refractivity contribution is -0.385. The highest BCUT2D eigenvalue weighted by Gasteiger charge is 2.33. The number of benzene rings is 1. The maximum absolute atomic E-state index is 12.2. The first-order chi connectivity index (χ1) is 15.4. The summed E-state index contributed by atoms with van der Waals surface area (Å²) in [7, 11) is 0. The molecule has 12 heteroatoms. The second-order valence-electron chi connectivity index (χ2n) is 6.93. The Morgan fingerprint density at radius 3 is 2.53 bits per heavy atom. The van der Waals surface area contributed by atoms with Gasteiger partial charge in [0.1, 0.15) is 18.7 Å². The van der Waals surface area contributed by atoms with Crippen LogP contribution in [0, 0.1) is 16.0 Å². The summed E-state index contributed by atoms with van der Waals surface area (Å²) >= 11 is 0. The van der Waals surface area contributed by atoms with E-state index in [9.17, 15) is 23.7 Å². The Morgan fingerprint density at radius 2 is 1.94 bits per heavy atom. The quantitative estimate of drug-likeness (QED) is 0.321. The molecule has 1 fully saturated rings. The summed E-state index contributed by atoms with van der Waals surface area (Å²) in [5.41, 5.74) is 0.205. The average molecular weight is 452 g/mol. The van der Waals surface area contributed by atoms with Gasteiger partial charge < -0.3 is 19.1 Å². The van der Waals surface area contributed by atoms with Gasteiger partial charge in [0.05, 0.1) is 17.4 Å². The fourth-order valence-corrected chi connectivity index (χ4v) is 3.36. The van der Waals surface area contributed by atoms with Crippen molar-refractivity contribution in [1.29, 1.82) is 0 Å². The molecule has 0 unspecified atom stereocenters. The van der Waals surface area contributed by atoms with Crippen molar-refractivity contribution < 1.29 is 32.7 Å². The van der Waals surface area contributed by atoms with Crippen molar-refractivity contribution >= 4 is 17.5 Å². The van der Waals surface area contributed by atoms with E-state index in [-0.39, 0.29) is 41.6 Å². The summed E-state index contributed by atoms with van der Waals surface area (Å²) in [5.74, 6) is -0.619. The molecule has 0 N–H and O–H groups in total. The summed E-state index contributed by atoms with van der Waals surface area (Å²) in [6.07, 6.45) is 2.15. The number of rotatable bonds is 9. The van der Waals surface area contributed by atoms with Gasteiger partial charge in [-0.2, -0.15) is 13.8 Å². The summed E-state index contributed by atoms with van der Waals surface area (Å²) < 4.78 is 39.4. The molecule has 1 aromatic carbocycles. The minimum absolute atomic E-state index is 0.00901. The van der Waals surface area contributed by atoms with Crippen LogP contribution in [0.15, 0.2) is 30.6 Å². The number of nitro groups is 1. The lowest BCUT2D eigenvalue weighted by Gasteiger charge is -2.31. The van der Waals surface area contributed by atoms with Crippen molar-refractivity contribution in [2.75, 3.05) is 24.6 Å². The van der Waals surface area contributed by atoms with Crippen LogP contribution in [0.2, 0.25) is 0 Å². The highest BCUT2D eigenvalue weighted by Crippen LogP contribution is 2.36. The zero-order valence-electron chi connectivity index (χ0n) is 17.3. The molecule has 1 aliphatic heterocycles. The molecule has 2 aromatic rings. The second kappa shape index (κ2) is 10.6. The molecule has 0 spiro atoms. The largest absolute Gasteiger partial charge is 0.468 e. The molecule has 0 bridgehead atoms. The third-order valence-corrected chi connectivity index (χ3v) is 4.89. The van der Waals surface area contributed by atoms with Crippen LogP contribution in [-0.2, 0) is 16.1 Å². The van der Waals surface area contributed by atoms with E-state index < -0.39 is 11.5 Å². The Bertz CT molecular complexity index is 936. The predicted octanol–water partition coefficient (Wildman–Crippen LogP) is 3.34. The highest BCUT2D eigenvalue weighted by molar-refractivity contribution is 5.73. The molecule has 0 atom stereocenters. The molecule has 1 aromatic heterocycles. The SMILES string of the molecule is CCOC(=O)C1CCN(c2ncnc(OCc3ccc(OC(F)F)cc3)c2[N+](=O)[O-])CC1. The molecule has 0 radical (unpaired) electrons. The standard InChI is InChI=1S/C20H22F2N4O6/c1-2-30-19(27)14-7-9-25(10-8-14)17-16(26(28)29)18(24-12-23-17)31-11-13-3-5-15(6-4-13)32-20(21)22/h3-6,12,14,20H,2,7-11H2,1H3. The van der Waals surface area contributed by atoms with Gasteiger partial charge in [0.25, 0.3) is 5.88 Å². The van der Waals surface area contributed by atoms with E-state index in [1.165, 1.54) is 30.6 Å². The number of piperidine rings is 1. The normalized spacial score (nSPS) is 14.3. The van der Waals surface area contributed by atoms with Crippen LogP contribution in [0.4, 0.5) is 20.3 Å². The molecular weight excluding hydrogens is 430 g/mol. The summed E-state index contributed by atoms with van der Waals surface area (Å²) in [6.45, 7) is -0.166. The van der Waals surface area contributed by atoms with Crippen LogP contribution in [-0.4, -0.2) is 47.2 Å². The van der Waals surface area contributed by atoms with Crippen LogP contribution in [0.5, 0.6) is 11.6 Å². The smallest absolute Gasteiger partial charge is 0.387 e. The monoisotopic (exact) mass is 452 g/mol. The summed E-state index contributed by atoms with van der Waals surface area (Å²) in [4.78, 5) is 32.8. The molecule has 2 heterocycles. The van der Waals surface area contributed by atoms with E-state index in [1.807, 2.05) is 0 Å². The Hall–Kier alpha value is -3.57. The third-order valence-electron chi connectivity index (χ3n) is 4.89. The number of ether oxygens (including phenoxy) is 3. The van der Waals surface area contributed by atoms with Gasteiger partial charge in [-0.25, -0.2) is 4.98 Å². The lowest BCUT2D eigenvalue weighted by atomic mass is 9.97. The first-order valence-corrected chi connectivity index (χ1v) is 9.96. The van der Waals surface area contributed by atoms with E-state index in [1.54, 1.807) is 11.8 Å². The van der Waals surface area contributed by atoms with Crippen molar-refractivity contribution in [3.8, 4) is 11.6 Å². The molecule has 10 nitrogen and oxygen atoms in total. The maximum Gasteiger partial charge on any atom is 0.387 e. The van der Waals surface area contributed by atoms with Gasteiger partial charge in [-0.3, -0.25) is 14.9 Å². The van der Waals surface area contributed by atoms with Gasteiger partial charge >= 0.3 is 18.3 Å². The van der Waals surface area contributed by atoms with E-state index >= 15 is 0 Å². The molecule has 172 valence electrons. The molecular formula is C20H22F2N4O6. The number of carbonyl (C=O) groups excluding carboxylic acids is 1. The summed E-state index contributed by atoms with van der Waals surface area (Å²) in [5, 5.41) is 11.8. The van der Waals surface area contributed by atoms with Gasteiger partial charge in [0, 0.05) is 13.1 Å². The van der Waals surface area contributed by atoms with Crippen LogP contribution in [0.1, 0.15) is 25.3 Å². The molecule has 1 saturated heterocycles. The van der Waals surface area contributed by atoms with Crippen molar-refractivity contribution in [2.24, 2.45) is 5.92 Å². The number of hydrogen-bond donors (Lipinski definition) is 0. The van der Waals surface area contributed by atoms with E-state index in [2.05, 4.69) is 14.7 Å². The van der Waals surface area contributed by atoms with Gasteiger partial charge in [-0.15, -0.1) is 0 Å². The number of carbonyl (C=O) groups is 1. The molecule has 32 heavy (non-hydrogen) atoms. The van der Waals surface area contributed by atoms with Crippen LogP contribution in [0.3, 0.4) is 0 Å². The fourth-order valence-electron chi connectivity index (χ4n) is 3.36. The van der Waals surface area contributed by atoms with Gasteiger partial charge in [0.2, 0.25) is 5.82 Å². The number of halogens is 2. The first-order valence-electron chi connectivity index (χ1n) is 9.96. The Balaban J connectivity index is 1.70. The van der Waals surface area contributed by atoms with Crippen LogP contribution < -0.4 is 14.4 Å². The number of alkyl halides is 2. The minimum atomic E-state index is -2.93. The maximum atomic E-state index is 12.2. The Kier molecular flexibility index (Phi) is 7.68. The van der Waals surface area contributed by atoms with Gasteiger partial charge in [-0.05, 0) is 37.5 Å². The number of aromatic nitrogens is 2. The zero-order valence-corrected chi connectivity index (χ0v) is 17.3. The predicted molar refractivity (Wildman–Crippen MR) is 108 cm³/mol. The lowest BCUT2D eigenvalue weighted by Crippen LogP contribution is -2.37. The van der Waals surface area contributed by atoms with E-state index in [4.69, 9.17) is 9.47 Å². The number of hydrogen-bond acceptors (Lipinski definition) is 9. The third kappa shape index (κ3) is 5.77. The first kappa shape index (κ1) is 23.1.